The Hall–Kier alpha value is -3.62. The summed E-state index contributed by atoms with van der Waals surface area (Å²) in [5.41, 5.74) is 1.16. The van der Waals surface area contributed by atoms with Crippen LogP contribution in [0, 0.1) is 17.8 Å². The number of hydrogen-bond acceptors (Lipinski definition) is 5. The van der Waals surface area contributed by atoms with Gasteiger partial charge in [0.25, 0.3) is 0 Å². The number of hydrogen-bond donors (Lipinski definition) is 2. The molecule has 4 amide bonds. The molecule has 9 nitrogen and oxygen atoms in total. The Morgan fingerprint density at radius 3 is 2.45 bits per heavy atom. The van der Waals surface area contributed by atoms with E-state index in [1.165, 1.54) is 11.9 Å². The standard InChI is InChI=1S/C29H34N4O5/c1-30-27(36)31-23-12-11-22-21(26(23)35)13-14-29(22)17-32(28(37)38-29)16-24(34)33(15-18-5-3-2-4-6-18)25(19-7-8-19)20-9-10-20/h2-6,11-12,19-21,25H,7-10,13-17H2,1H3,(H2,30,31,36). The Morgan fingerprint density at radius 1 is 1.08 bits per heavy atom. The molecule has 2 N–H and O–H groups in total. The van der Waals surface area contributed by atoms with Crippen molar-refractivity contribution in [3.63, 3.8) is 0 Å². The Balaban J connectivity index is 1.19. The van der Waals surface area contributed by atoms with Crippen LogP contribution in [0.4, 0.5) is 9.59 Å². The van der Waals surface area contributed by atoms with Gasteiger partial charge in [0, 0.05) is 25.6 Å². The number of nitrogens with zero attached hydrogens (tertiary/aromatic N) is 2. The third-order valence-electron chi connectivity index (χ3n) is 8.62. The minimum Gasteiger partial charge on any atom is -0.436 e. The summed E-state index contributed by atoms with van der Waals surface area (Å²) in [7, 11) is 1.49. The van der Waals surface area contributed by atoms with E-state index in [1.807, 2.05) is 35.2 Å². The zero-order chi connectivity index (χ0) is 26.4. The minimum atomic E-state index is -0.913. The molecule has 4 aliphatic carbocycles. The highest BCUT2D eigenvalue weighted by Gasteiger charge is 2.56. The van der Waals surface area contributed by atoms with Crippen molar-refractivity contribution >= 4 is 23.8 Å². The Kier molecular flexibility index (Phi) is 6.24. The summed E-state index contributed by atoms with van der Waals surface area (Å²) in [6.07, 6.45) is 8.51. The molecule has 0 bridgehead atoms. The van der Waals surface area contributed by atoms with Gasteiger partial charge in [0.2, 0.25) is 5.91 Å². The number of ketones is 1. The highest BCUT2D eigenvalue weighted by molar-refractivity contribution is 6.03. The van der Waals surface area contributed by atoms with Gasteiger partial charge in [-0.2, -0.15) is 0 Å². The van der Waals surface area contributed by atoms with Gasteiger partial charge in [-0.15, -0.1) is 0 Å². The first-order chi connectivity index (χ1) is 18.4. The number of allylic oxidation sites excluding steroid dienone is 3. The molecule has 1 heterocycles. The number of Topliss-reactive ketones (excluding diaryl/α,β-unsaturated/α-hetero) is 1. The van der Waals surface area contributed by atoms with E-state index in [0.717, 1.165) is 36.8 Å². The van der Waals surface area contributed by atoms with Gasteiger partial charge >= 0.3 is 12.1 Å². The molecule has 2 atom stereocenters. The second-order valence-corrected chi connectivity index (χ2v) is 11.3. The fourth-order valence-electron chi connectivity index (χ4n) is 6.47. The van der Waals surface area contributed by atoms with Gasteiger partial charge in [0.05, 0.1) is 12.2 Å². The molecule has 9 heteroatoms. The van der Waals surface area contributed by atoms with Gasteiger partial charge < -0.3 is 20.3 Å². The summed E-state index contributed by atoms with van der Waals surface area (Å²) >= 11 is 0. The molecule has 1 spiro atoms. The van der Waals surface area contributed by atoms with Gasteiger partial charge in [-0.25, -0.2) is 9.59 Å². The van der Waals surface area contributed by atoms with Crippen molar-refractivity contribution in [3.05, 3.63) is 59.3 Å². The maximum absolute atomic E-state index is 13.8. The lowest BCUT2D eigenvalue weighted by Gasteiger charge is -2.34. The minimum absolute atomic E-state index is 0.0332. The van der Waals surface area contributed by atoms with Crippen LogP contribution in [-0.2, 0) is 20.9 Å². The molecule has 2 unspecified atom stereocenters. The van der Waals surface area contributed by atoms with E-state index in [1.54, 1.807) is 12.2 Å². The smallest absolute Gasteiger partial charge is 0.411 e. The molecule has 1 aromatic rings. The Labute approximate surface area is 222 Å². The summed E-state index contributed by atoms with van der Waals surface area (Å²) < 4.78 is 5.92. The number of ether oxygens (including phenoxy) is 1. The van der Waals surface area contributed by atoms with E-state index in [9.17, 15) is 19.2 Å². The second-order valence-electron chi connectivity index (χ2n) is 11.3. The summed E-state index contributed by atoms with van der Waals surface area (Å²) in [6, 6.07) is 9.81. The molecular formula is C29H34N4O5. The average molecular weight is 519 g/mol. The average Bonchev–Trinajstić information content (AvgIpc) is 3.85. The van der Waals surface area contributed by atoms with E-state index in [4.69, 9.17) is 4.74 Å². The molecule has 4 fully saturated rings. The molecule has 200 valence electrons. The predicted octanol–water partition coefficient (Wildman–Crippen LogP) is 3.13. The molecule has 6 rings (SSSR count). The van der Waals surface area contributed by atoms with Gasteiger partial charge in [-0.1, -0.05) is 36.4 Å². The van der Waals surface area contributed by atoms with Crippen molar-refractivity contribution in [2.75, 3.05) is 20.1 Å². The topological polar surface area (TPSA) is 108 Å². The monoisotopic (exact) mass is 518 g/mol. The largest absolute Gasteiger partial charge is 0.436 e. The van der Waals surface area contributed by atoms with Gasteiger partial charge in [0.15, 0.2) is 11.4 Å². The van der Waals surface area contributed by atoms with Crippen LogP contribution in [-0.4, -0.2) is 65.4 Å². The van der Waals surface area contributed by atoms with Crippen molar-refractivity contribution in [2.45, 2.75) is 56.7 Å². The van der Waals surface area contributed by atoms with Crippen LogP contribution < -0.4 is 10.6 Å². The van der Waals surface area contributed by atoms with Crippen LogP contribution in [0.3, 0.4) is 0 Å². The zero-order valence-corrected chi connectivity index (χ0v) is 21.7. The van der Waals surface area contributed by atoms with E-state index in [2.05, 4.69) is 10.6 Å². The molecular weight excluding hydrogens is 484 g/mol. The van der Waals surface area contributed by atoms with Crippen LogP contribution in [0.2, 0.25) is 0 Å². The van der Waals surface area contributed by atoms with E-state index >= 15 is 0 Å². The highest BCUT2D eigenvalue weighted by Crippen LogP contribution is 2.49. The molecule has 1 aliphatic heterocycles. The summed E-state index contributed by atoms with van der Waals surface area (Å²) in [5.74, 6) is 0.418. The van der Waals surface area contributed by atoms with Crippen LogP contribution in [0.15, 0.2) is 53.8 Å². The van der Waals surface area contributed by atoms with Crippen LogP contribution in [0.1, 0.15) is 44.1 Å². The molecule has 0 aromatic heterocycles. The molecule has 3 saturated carbocycles. The number of fused-ring (bicyclic) bond motifs is 2. The lowest BCUT2D eigenvalue weighted by molar-refractivity contribution is -0.136. The summed E-state index contributed by atoms with van der Waals surface area (Å²) in [6.45, 7) is 0.753. The van der Waals surface area contributed by atoms with Gasteiger partial charge in [-0.3, -0.25) is 14.5 Å². The third-order valence-corrected chi connectivity index (χ3v) is 8.62. The predicted molar refractivity (Wildman–Crippen MR) is 139 cm³/mol. The first-order valence-corrected chi connectivity index (χ1v) is 13.6. The van der Waals surface area contributed by atoms with Gasteiger partial charge in [0.1, 0.15) is 6.54 Å². The van der Waals surface area contributed by atoms with Crippen LogP contribution in [0.5, 0.6) is 0 Å². The van der Waals surface area contributed by atoms with E-state index in [-0.39, 0.29) is 36.5 Å². The first-order valence-electron chi connectivity index (χ1n) is 13.6. The fraction of sp³-hybridized carbons (Fsp3) is 0.517. The van der Waals surface area contributed by atoms with Gasteiger partial charge in [-0.05, 0) is 67.6 Å². The third kappa shape index (κ3) is 4.59. The Morgan fingerprint density at radius 2 is 1.79 bits per heavy atom. The SMILES string of the molecule is CNC(=O)NC1=CC=C2C(CCC23CN(CC(=O)N(Cc2ccccc2)C(C2CC2)C2CC2)C(=O)O3)C1=O. The Bertz CT molecular complexity index is 1210. The number of nitrogens with one attached hydrogen (secondary N) is 2. The maximum atomic E-state index is 13.8. The molecule has 1 aromatic carbocycles. The summed E-state index contributed by atoms with van der Waals surface area (Å²) in [4.78, 5) is 55.2. The normalized spacial score (nSPS) is 26.2. The van der Waals surface area contributed by atoms with Crippen LogP contribution in [0.25, 0.3) is 0 Å². The molecule has 0 radical (unpaired) electrons. The fourth-order valence-corrected chi connectivity index (χ4v) is 6.47. The number of benzene rings is 1. The lowest BCUT2D eigenvalue weighted by atomic mass is 9.85. The first kappa shape index (κ1) is 24.7. The number of amides is 4. The summed E-state index contributed by atoms with van der Waals surface area (Å²) in [5, 5.41) is 5.02. The maximum Gasteiger partial charge on any atom is 0.411 e. The van der Waals surface area contributed by atoms with Crippen molar-refractivity contribution < 1.29 is 23.9 Å². The number of rotatable bonds is 8. The second kappa shape index (κ2) is 9.60. The quantitative estimate of drug-likeness (QED) is 0.550. The lowest BCUT2D eigenvalue weighted by Crippen LogP contribution is -2.48. The van der Waals surface area contributed by atoms with Crippen molar-refractivity contribution in [1.82, 2.24) is 20.4 Å². The van der Waals surface area contributed by atoms with Crippen molar-refractivity contribution in [1.29, 1.82) is 0 Å². The zero-order valence-electron chi connectivity index (χ0n) is 21.7. The van der Waals surface area contributed by atoms with E-state index in [0.29, 0.717) is 31.2 Å². The molecule has 38 heavy (non-hydrogen) atoms. The highest BCUT2D eigenvalue weighted by atomic mass is 16.6. The number of urea groups is 1. The molecule has 5 aliphatic rings. The van der Waals surface area contributed by atoms with Crippen molar-refractivity contribution in [2.24, 2.45) is 17.8 Å². The van der Waals surface area contributed by atoms with Crippen molar-refractivity contribution in [3.8, 4) is 0 Å². The number of carbonyl (C=O) groups excluding carboxylic acids is 4. The molecule has 1 saturated heterocycles. The van der Waals surface area contributed by atoms with E-state index < -0.39 is 23.6 Å². The van der Waals surface area contributed by atoms with Crippen LogP contribution >= 0.6 is 0 Å². The number of carbonyl (C=O) groups is 4.